The highest BCUT2D eigenvalue weighted by Gasteiger charge is 2.48. The summed E-state index contributed by atoms with van der Waals surface area (Å²) < 4.78 is 46.3. The van der Waals surface area contributed by atoms with Gasteiger partial charge in [0.15, 0.2) is 0 Å². The van der Waals surface area contributed by atoms with Gasteiger partial charge in [-0.25, -0.2) is 0 Å². The number of benzene rings is 1. The fraction of sp³-hybridized carbons (Fsp3) is 0.385. The van der Waals surface area contributed by atoms with Crippen molar-refractivity contribution in [1.82, 2.24) is 29.1 Å². The van der Waals surface area contributed by atoms with E-state index >= 15 is 0 Å². The van der Waals surface area contributed by atoms with E-state index in [1.165, 1.54) is 0 Å². The fourth-order valence-electron chi connectivity index (χ4n) is 5.45. The molecule has 10 heteroatoms. The first kappa shape index (κ1) is 24.0. The topological polar surface area (TPSA) is 70.5 Å². The van der Waals surface area contributed by atoms with E-state index in [2.05, 4.69) is 22.2 Å². The van der Waals surface area contributed by atoms with Crippen LogP contribution in [0.5, 0.6) is 0 Å². The predicted octanol–water partition coefficient (Wildman–Crippen LogP) is 4.72. The molecule has 7 nitrogen and oxygen atoms in total. The highest BCUT2D eigenvalue weighted by atomic mass is 19.4. The summed E-state index contributed by atoms with van der Waals surface area (Å²) in [5, 5.41) is 12.5. The molecule has 1 saturated carbocycles. The van der Waals surface area contributed by atoms with Crippen molar-refractivity contribution in [3.63, 3.8) is 0 Å². The minimum absolute atomic E-state index is 0.00269. The summed E-state index contributed by atoms with van der Waals surface area (Å²) in [6.07, 6.45) is 2.86. The summed E-state index contributed by atoms with van der Waals surface area (Å²) in [5.74, 6) is 1.28. The molecule has 188 valence electrons. The number of halogens is 3. The molecule has 0 unspecified atom stereocenters. The Morgan fingerprint density at radius 3 is 2.47 bits per heavy atom. The Morgan fingerprint density at radius 1 is 1.14 bits per heavy atom. The normalized spacial score (nSPS) is 20.8. The zero-order valence-corrected chi connectivity index (χ0v) is 20.5. The number of hydrogen-bond acceptors (Lipinski definition) is 4. The quantitative estimate of drug-likeness (QED) is 0.401. The molecule has 0 bridgehead atoms. The minimum atomic E-state index is -4.61. The average Bonchev–Trinajstić information content (AvgIpc) is 3.44. The van der Waals surface area contributed by atoms with Crippen LogP contribution in [0.3, 0.4) is 0 Å². The first-order valence-electron chi connectivity index (χ1n) is 11.8. The van der Waals surface area contributed by atoms with Crippen LogP contribution in [0.2, 0.25) is 0 Å². The van der Waals surface area contributed by atoms with Gasteiger partial charge < -0.3 is 9.13 Å². The predicted molar refractivity (Wildman–Crippen MR) is 128 cm³/mol. The summed E-state index contributed by atoms with van der Waals surface area (Å²) in [6, 6.07) is 7.58. The number of hydrogen-bond donors (Lipinski definition) is 0. The van der Waals surface area contributed by atoms with Crippen molar-refractivity contribution < 1.29 is 13.2 Å². The largest absolute Gasteiger partial charge is 0.417 e. The van der Waals surface area contributed by atoms with Gasteiger partial charge in [-0.2, -0.15) is 18.3 Å². The number of pyridine rings is 1. The Balaban J connectivity index is 1.66. The van der Waals surface area contributed by atoms with Gasteiger partial charge in [0.2, 0.25) is 0 Å². The van der Waals surface area contributed by atoms with Crippen LogP contribution >= 0.6 is 0 Å². The summed E-state index contributed by atoms with van der Waals surface area (Å²) >= 11 is 0. The van der Waals surface area contributed by atoms with Gasteiger partial charge in [0, 0.05) is 37.6 Å². The summed E-state index contributed by atoms with van der Waals surface area (Å²) in [4.78, 5) is 13.6. The molecule has 0 spiro atoms. The van der Waals surface area contributed by atoms with E-state index in [1.807, 2.05) is 23.7 Å². The third-order valence-corrected chi connectivity index (χ3v) is 7.25. The number of rotatable bonds is 5. The molecule has 0 N–H and O–H groups in total. The molecule has 0 saturated heterocycles. The van der Waals surface area contributed by atoms with E-state index in [-0.39, 0.29) is 5.56 Å². The zero-order chi connectivity index (χ0) is 25.8. The van der Waals surface area contributed by atoms with E-state index < -0.39 is 28.8 Å². The van der Waals surface area contributed by atoms with Crippen molar-refractivity contribution >= 4 is 0 Å². The molecule has 0 aliphatic heterocycles. The van der Waals surface area contributed by atoms with Gasteiger partial charge in [0.05, 0.1) is 23.2 Å². The van der Waals surface area contributed by atoms with Crippen molar-refractivity contribution in [3.05, 3.63) is 88.1 Å². The maximum absolute atomic E-state index is 13.9. The number of aryl methyl sites for hydroxylation is 2. The van der Waals surface area contributed by atoms with Crippen LogP contribution < -0.4 is 5.56 Å². The van der Waals surface area contributed by atoms with E-state index in [0.29, 0.717) is 17.0 Å². The second-order valence-corrected chi connectivity index (χ2v) is 9.92. The van der Waals surface area contributed by atoms with Gasteiger partial charge in [0.1, 0.15) is 12.2 Å². The zero-order valence-electron chi connectivity index (χ0n) is 20.5. The molecule has 3 aromatic heterocycles. The van der Waals surface area contributed by atoms with Crippen LogP contribution in [0.4, 0.5) is 13.2 Å². The van der Waals surface area contributed by atoms with Crippen molar-refractivity contribution in [3.8, 4) is 11.1 Å². The third kappa shape index (κ3) is 3.94. The van der Waals surface area contributed by atoms with Crippen LogP contribution in [0, 0.1) is 5.92 Å². The summed E-state index contributed by atoms with van der Waals surface area (Å²) in [6.45, 7) is 3.85. The third-order valence-electron chi connectivity index (χ3n) is 7.25. The summed E-state index contributed by atoms with van der Waals surface area (Å²) in [5.41, 5.74) is 0.232. The number of alkyl halides is 3. The Bertz CT molecular complexity index is 1480. The molecule has 1 aromatic carbocycles. The molecule has 0 amide bonds. The van der Waals surface area contributed by atoms with Gasteiger partial charge in [-0.3, -0.25) is 9.48 Å². The van der Waals surface area contributed by atoms with Crippen LogP contribution in [0.1, 0.15) is 55.2 Å². The molecule has 4 aromatic rings. The number of aromatic nitrogens is 6. The van der Waals surface area contributed by atoms with Crippen LogP contribution in [0.25, 0.3) is 11.1 Å². The van der Waals surface area contributed by atoms with Crippen molar-refractivity contribution in [2.45, 2.75) is 44.3 Å². The Labute approximate surface area is 206 Å². The van der Waals surface area contributed by atoms with Gasteiger partial charge in [-0.15, -0.1) is 10.2 Å². The molecule has 0 radical (unpaired) electrons. The Kier molecular flexibility index (Phi) is 5.65. The molecule has 1 atom stereocenters. The lowest BCUT2D eigenvalue weighted by atomic mass is 9.58. The van der Waals surface area contributed by atoms with Gasteiger partial charge >= 0.3 is 6.18 Å². The second kappa shape index (κ2) is 8.46. The standard InChI is InChI=1S/C26H27F3N6O/c1-16-10-25(11-16,24-32-30-15-33(24)3)20-7-5-6-18(8-20)22-9-21(26(27,28)29)14-35(23(22)36)17(2)19-12-31-34(4)13-19/h5-9,12-17H,10-11H2,1-4H3/t16?,17-,25?/m1/s1. The van der Waals surface area contributed by atoms with Crippen molar-refractivity contribution in [2.75, 3.05) is 0 Å². The second-order valence-electron chi connectivity index (χ2n) is 9.92. The highest BCUT2D eigenvalue weighted by Crippen LogP contribution is 2.51. The average molecular weight is 497 g/mol. The monoisotopic (exact) mass is 496 g/mol. The molecule has 1 aliphatic rings. The lowest BCUT2D eigenvalue weighted by Crippen LogP contribution is -2.43. The first-order valence-corrected chi connectivity index (χ1v) is 11.8. The Hall–Kier alpha value is -3.69. The van der Waals surface area contributed by atoms with E-state index in [9.17, 15) is 18.0 Å². The van der Waals surface area contributed by atoms with E-state index in [0.717, 1.165) is 41.1 Å². The number of nitrogens with zero attached hydrogens (tertiary/aromatic N) is 6. The molecular weight excluding hydrogens is 469 g/mol. The molecule has 36 heavy (non-hydrogen) atoms. The molecule has 5 rings (SSSR count). The van der Waals surface area contributed by atoms with E-state index in [4.69, 9.17) is 0 Å². The van der Waals surface area contributed by atoms with Crippen LogP contribution in [0.15, 0.2) is 60.0 Å². The maximum Gasteiger partial charge on any atom is 0.417 e. The molecule has 1 aliphatic carbocycles. The SMILES string of the molecule is CC1CC(c2cccc(-c3cc(C(F)(F)F)cn([C@H](C)c4cnn(C)c4)c3=O)c2)(c2nncn2C)C1. The highest BCUT2D eigenvalue weighted by molar-refractivity contribution is 5.65. The van der Waals surface area contributed by atoms with Gasteiger partial charge in [-0.1, -0.05) is 25.1 Å². The fourth-order valence-corrected chi connectivity index (χ4v) is 5.45. The Morgan fingerprint density at radius 2 is 1.89 bits per heavy atom. The maximum atomic E-state index is 13.9. The molecule has 3 heterocycles. The lowest BCUT2D eigenvalue weighted by Gasteiger charge is -2.46. The summed E-state index contributed by atoms with van der Waals surface area (Å²) in [7, 11) is 3.60. The first-order chi connectivity index (χ1) is 17.0. The van der Waals surface area contributed by atoms with E-state index in [1.54, 1.807) is 49.5 Å². The minimum Gasteiger partial charge on any atom is -0.320 e. The molecule has 1 fully saturated rings. The smallest absolute Gasteiger partial charge is 0.320 e. The van der Waals surface area contributed by atoms with Crippen molar-refractivity contribution in [1.29, 1.82) is 0 Å². The van der Waals surface area contributed by atoms with Crippen molar-refractivity contribution in [2.24, 2.45) is 20.0 Å². The van der Waals surface area contributed by atoms with Gasteiger partial charge in [0.25, 0.3) is 5.56 Å². The molecular formula is C26H27F3N6O. The van der Waals surface area contributed by atoms with Gasteiger partial charge in [-0.05, 0) is 48.9 Å². The van der Waals surface area contributed by atoms with Crippen LogP contribution in [-0.4, -0.2) is 29.1 Å². The lowest BCUT2D eigenvalue weighted by molar-refractivity contribution is -0.138. The van der Waals surface area contributed by atoms with Crippen LogP contribution in [-0.2, 0) is 25.7 Å².